The Hall–Kier alpha value is -2.06. The Balaban J connectivity index is 1.68. The summed E-state index contributed by atoms with van der Waals surface area (Å²) in [6.45, 7) is 3.74. The maximum Gasteiger partial charge on any atom is 0.307 e. The summed E-state index contributed by atoms with van der Waals surface area (Å²) in [5.74, 6) is -3.95. The van der Waals surface area contributed by atoms with E-state index in [0.717, 1.165) is 5.57 Å². The fourth-order valence-corrected chi connectivity index (χ4v) is 7.93. The number of hydrogen-bond donors (Lipinski definition) is 1. The second-order valence-electron chi connectivity index (χ2n) is 10.8. The number of ether oxygens (including phenoxy) is 2. The third-order valence-corrected chi connectivity index (χ3v) is 9.54. The van der Waals surface area contributed by atoms with Crippen molar-refractivity contribution in [2.24, 2.45) is 28.6 Å². The average Bonchev–Trinajstić information content (AvgIpc) is 3.09. The van der Waals surface area contributed by atoms with Gasteiger partial charge < -0.3 is 14.6 Å². The van der Waals surface area contributed by atoms with Gasteiger partial charge in [-0.25, -0.2) is 4.39 Å². The molecule has 0 aromatic carbocycles. The maximum atomic E-state index is 14.4. The molecule has 0 heterocycles. The molecule has 0 aliphatic heterocycles. The smallest absolute Gasteiger partial charge is 0.307 e. The zero-order chi connectivity index (χ0) is 25.8. The van der Waals surface area contributed by atoms with Crippen LogP contribution in [0.15, 0.2) is 23.6 Å². The van der Waals surface area contributed by atoms with Crippen LogP contribution in [0.25, 0.3) is 0 Å². The molecule has 3 fully saturated rings. The van der Waals surface area contributed by atoms with Crippen molar-refractivity contribution in [3.05, 3.63) is 23.6 Å². The van der Waals surface area contributed by atoms with Crippen LogP contribution >= 0.6 is 11.6 Å². The largest absolute Gasteiger partial charge is 0.469 e. The van der Waals surface area contributed by atoms with E-state index < -0.39 is 51.9 Å². The molecule has 0 spiro atoms. The molecule has 7 nitrogen and oxygen atoms in total. The van der Waals surface area contributed by atoms with E-state index in [-0.39, 0.29) is 49.3 Å². The summed E-state index contributed by atoms with van der Waals surface area (Å²) in [7, 11) is 1.23. The van der Waals surface area contributed by atoms with Crippen LogP contribution in [0.1, 0.15) is 58.8 Å². The van der Waals surface area contributed by atoms with E-state index in [1.54, 1.807) is 0 Å². The SMILES string of the molecule is COC(=O)CCC(=O)O[C@]1(C(=O)CCl)CC[C@H]2[C@@H]3CCC4=CC(=O)C(F)=C[C@]4(C)[C@H]3[C@@H](O)C[C@@]21C. The van der Waals surface area contributed by atoms with E-state index in [1.807, 2.05) is 13.8 Å². The number of carbonyl (C=O) groups is 4. The number of Topliss-reactive ketones (excluding diaryl/α,β-unsaturated/α-hetero) is 1. The number of aliphatic hydroxyl groups is 1. The minimum Gasteiger partial charge on any atom is -0.469 e. The van der Waals surface area contributed by atoms with Gasteiger partial charge in [0.25, 0.3) is 0 Å². The topological polar surface area (TPSA) is 107 Å². The van der Waals surface area contributed by atoms with Crippen molar-refractivity contribution in [1.82, 2.24) is 0 Å². The van der Waals surface area contributed by atoms with Crippen molar-refractivity contribution in [1.29, 1.82) is 0 Å². The quantitative estimate of drug-likeness (QED) is 0.429. The Morgan fingerprint density at radius 3 is 2.54 bits per heavy atom. The Bertz CT molecular complexity index is 1020. The minimum atomic E-state index is -1.51. The fraction of sp³-hybridized carbons (Fsp3) is 0.692. The summed E-state index contributed by atoms with van der Waals surface area (Å²) in [4.78, 5) is 49.5. The van der Waals surface area contributed by atoms with Crippen LogP contribution in [0.2, 0.25) is 0 Å². The summed E-state index contributed by atoms with van der Waals surface area (Å²) in [6.07, 6.45) is 3.67. The molecule has 192 valence electrons. The molecule has 4 aliphatic rings. The molecule has 0 aromatic rings. The number of aliphatic hydroxyl groups excluding tert-OH is 1. The molecule has 4 rings (SSSR count). The van der Waals surface area contributed by atoms with Crippen LogP contribution in [0.4, 0.5) is 4.39 Å². The number of rotatable bonds is 6. The van der Waals surface area contributed by atoms with Gasteiger partial charge in [0.2, 0.25) is 5.78 Å². The minimum absolute atomic E-state index is 0.0677. The van der Waals surface area contributed by atoms with Gasteiger partial charge >= 0.3 is 11.9 Å². The predicted octanol–water partition coefficient (Wildman–Crippen LogP) is 3.61. The predicted molar refractivity (Wildman–Crippen MR) is 124 cm³/mol. The molecule has 0 saturated heterocycles. The van der Waals surface area contributed by atoms with Gasteiger partial charge in [-0.2, -0.15) is 0 Å². The van der Waals surface area contributed by atoms with Gasteiger partial charge in [-0.05, 0) is 56.1 Å². The molecular formula is C26H32ClFO7. The summed E-state index contributed by atoms with van der Waals surface area (Å²) in [5, 5.41) is 11.5. The van der Waals surface area contributed by atoms with Gasteiger partial charge in [-0.15, -0.1) is 11.6 Å². The molecule has 0 aromatic heterocycles. The van der Waals surface area contributed by atoms with E-state index in [9.17, 15) is 28.7 Å². The van der Waals surface area contributed by atoms with Crippen LogP contribution in [-0.4, -0.2) is 53.3 Å². The molecule has 0 amide bonds. The number of ketones is 2. The molecule has 4 aliphatic carbocycles. The first kappa shape index (κ1) is 26.0. The van der Waals surface area contributed by atoms with Crippen LogP contribution in [0, 0.1) is 28.6 Å². The highest BCUT2D eigenvalue weighted by Crippen LogP contribution is 2.68. The lowest BCUT2D eigenvalue weighted by Gasteiger charge is -2.59. The van der Waals surface area contributed by atoms with Crippen molar-refractivity contribution in [2.75, 3.05) is 13.0 Å². The van der Waals surface area contributed by atoms with Crippen molar-refractivity contribution >= 4 is 35.1 Å². The number of allylic oxidation sites excluding steroid dienone is 4. The normalized spacial score (nSPS) is 40.0. The number of carbonyl (C=O) groups excluding carboxylic acids is 4. The zero-order valence-electron chi connectivity index (χ0n) is 20.3. The van der Waals surface area contributed by atoms with Crippen LogP contribution in [-0.2, 0) is 28.7 Å². The van der Waals surface area contributed by atoms with Crippen LogP contribution in [0.3, 0.4) is 0 Å². The van der Waals surface area contributed by atoms with E-state index in [1.165, 1.54) is 19.3 Å². The first-order valence-electron chi connectivity index (χ1n) is 12.1. The molecule has 0 unspecified atom stereocenters. The molecule has 35 heavy (non-hydrogen) atoms. The van der Waals surface area contributed by atoms with Crippen LogP contribution < -0.4 is 0 Å². The molecule has 1 N–H and O–H groups in total. The molecule has 7 atom stereocenters. The average molecular weight is 511 g/mol. The fourth-order valence-electron chi connectivity index (χ4n) is 7.71. The number of fused-ring (bicyclic) bond motifs is 5. The van der Waals surface area contributed by atoms with Crippen molar-refractivity contribution in [3.8, 4) is 0 Å². The van der Waals surface area contributed by atoms with E-state index in [4.69, 9.17) is 16.3 Å². The monoisotopic (exact) mass is 510 g/mol. The first-order valence-corrected chi connectivity index (χ1v) is 12.7. The van der Waals surface area contributed by atoms with Crippen molar-refractivity contribution in [2.45, 2.75) is 70.5 Å². The van der Waals surface area contributed by atoms with Gasteiger partial charge in [0.05, 0.1) is 31.9 Å². The highest BCUT2D eigenvalue weighted by atomic mass is 35.5. The van der Waals surface area contributed by atoms with E-state index in [2.05, 4.69) is 4.74 Å². The van der Waals surface area contributed by atoms with Gasteiger partial charge in [0.15, 0.2) is 17.2 Å². The Labute approximate surface area is 209 Å². The number of esters is 2. The molecular weight excluding hydrogens is 479 g/mol. The lowest BCUT2D eigenvalue weighted by atomic mass is 9.46. The standard InChI is InChI=1S/C26H32ClFO7/c1-24-11-17(28)18(29)10-14(24)4-5-15-16-8-9-26(20(31)13-27,25(16,2)12-19(30)23(15)24)35-22(33)7-6-21(32)34-3/h10-11,15-16,19,23,30H,4-9,12-13H2,1-3H3/t15-,16-,19-,23+,24-,25-,26-/m0/s1. The lowest BCUT2D eigenvalue weighted by molar-refractivity contribution is -0.198. The summed E-state index contributed by atoms with van der Waals surface area (Å²) >= 11 is 6.00. The lowest BCUT2D eigenvalue weighted by Crippen LogP contribution is -2.62. The van der Waals surface area contributed by atoms with Crippen molar-refractivity contribution in [3.63, 3.8) is 0 Å². The molecule has 0 radical (unpaired) electrons. The second kappa shape index (κ2) is 9.11. The van der Waals surface area contributed by atoms with Gasteiger partial charge in [0, 0.05) is 16.7 Å². The number of hydrogen-bond acceptors (Lipinski definition) is 7. The highest BCUT2D eigenvalue weighted by molar-refractivity contribution is 6.29. The number of halogens is 2. The summed E-state index contributed by atoms with van der Waals surface area (Å²) in [5.41, 5.74) is -2.38. The zero-order valence-corrected chi connectivity index (χ0v) is 21.0. The number of alkyl halides is 1. The maximum absolute atomic E-state index is 14.4. The van der Waals surface area contributed by atoms with Gasteiger partial charge in [-0.1, -0.05) is 19.4 Å². The first-order chi connectivity index (χ1) is 16.4. The van der Waals surface area contributed by atoms with Crippen molar-refractivity contribution < 1.29 is 38.1 Å². The van der Waals surface area contributed by atoms with E-state index >= 15 is 0 Å². The Morgan fingerprint density at radius 2 is 1.89 bits per heavy atom. The van der Waals surface area contributed by atoms with E-state index in [0.29, 0.717) is 19.3 Å². The Kier molecular flexibility index (Phi) is 6.77. The number of methoxy groups -OCH3 is 1. The Morgan fingerprint density at radius 1 is 1.20 bits per heavy atom. The van der Waals surface area contributed by atoms with Crippen LogP contribution in [0.5, 0.6) is 0 Å². The molecule has 0 bridgehead atoms. The summed E-state index contributed by atoms with van der Waals surface area (Å²) in [6, 6.07) is 0. The highest BCUT2D eigenvalue weighted by Gasteiger charge is 2.70. The van der Waals surface area contributed by atoms with Gasteiger partial charge in [-0.3, -0.25) is 19.2 Å². The third-order valence-electron chi connectivity index (χ3n) is 9.29. The second-order valence-corrected chi connectivity index (χ2v) is 11.1. The molecule has 3 saturated carbocycles. The third kappa shape index (κ3) is 3.88. The van der Waals surface area contributed by atoms with Gasteiger partial charge in [0.1, 0.15) is 0 Å². The molecule has 9 heteroatoms. The summed E-state index contributed by atoms with van der Waals surface area (Å²) < 4.78 is 24.9.